The molecular weight excluding hydrogens is 288 g/mol. The molecule has 4 unspecified atom stereocenters. The van der Waals surface area contributed by atoms with Crippen LogP contribution in [0.2, 0.25) is 0 Å². The number of hydrogen-bond donors (Lipinski definition) is 2. The van der Waals surface area contributed by atoms with E-state index < -0.39 is 0 Å². The number of amides is 2. The first-order valence-electron chi connectivity index (χ1n) is 8.73. The molecule has 3 rings (SSSR count). The fourth-order valence-corrected chi connectivity index (χ4v) is 4.13. The van der Waals surface area contributed by atoms with Gasteiger partial charge in [0.05, 0.1) is 0 Å². The third-order valence-corrected chi connectivity index (χ3v) is 5.48. The highest BCUT2D eigenvalue weighted by atomic mass is 16.2. The molecule has 1 aromatic carbocycles. The summed E-state index contributed by atoms with van der Waals surface area (Å²) in [6.45, 7) is 4.18. The summed E-state index contributed by atoms with van der Waals surface area (Å²) in [5.74, 6) is 1.24. The van der Waals surface area contributed by atoms with Crippen molar-refractivity contribution < 1.29 is 9.59 Å². The summed E-state index contributed by atoms with van der Waals surface area (Å²) in [5.41, 5.74) is 1.86. The van der Waals surface area contributed by atoms with Crippen LogP contribution in [0.15, 0.2) is 24.3 Å². The molecule has 4 heteroatoms. The highest BCUT2D eigenvalue weighted by molar-refractivity contribution is 5.94. The maximum absolute atomic E-state index is 12.4. The van der Waals surface area contributed by atoms with Gasteiger partial charge in [-0.1, -0.05) is 31.0 Å². The maximum Gasteiger partial charge on any atom is 0.251 e. The number of hydrogen-bond acceptors (Lipinski definition) is 2. The molecule has 1 aliphatic carbocycles. The average Bonchev–Trinajstić information content (AvgIpc) is 2.54. The molecule has 2 amide bonds. The second-order valence-corrected chi connectivity index (χ2v) is 7.06. The Balaban J connectivity index is 1.61. The Bertz CT molecular complexity index is 582. The van der Waals surface area contributed by atoms with Crippen LogP contribution in [0, 0.1) is 18.8 Å². The van der Waals surface area contributed by atoms with Crippen LogP contribution in [0.25, 0.3) is 0 Å². The zero-order valence-electron chi connectivity index (χ0n) is 14.0. The quantitative estimate of drug-likeness (QED) is 0.901. The Hall–Kier alpha value is -1.84. The van der Waals surface area contributed by atoms with Crippen molar-refractivity contribution >= 4 is 11.8 Å². The molecule has 2 fully saturated rings. The number of carbonyl (C=O) groups excluding carboxylic acids is 2. The lowest BCUT2D eigenvalue weighted by Crippen LogP contribution is -2.55. The highest BCUT2D eigenvalue weighted by Crippen LogP contribution is 2.36. The van der Waals surface area contributed by atoms with E-state index in [0.717, 1.165) is 31.2 Å². The standard InChI is InChI=1S/C19H26N2O2/c1-3-13-10-18(22)21-17-11-15(8-9-16(13)17)20-19(23)14-6-4-12(2)5-7-14/h4-7,13,15-17H,3,8-11H2,1-2H3,(H,20,23)(H,21,22). The summed E-state index contributed by atoms with van der Waals surface area (Å²) in [6, 6.07) is 8.02. The first-order chi connectivity index (χ1) is 11.1. The van der Waals surface area contributed by atoms with Crippen LogP contribution >= 0.6 is 0 Å². The number of nitrogens with one attached hydrogen (secondary N) is 2. The number of piperidine rings is 1. The van der Waals surface area contributed by atoms with Gasteiger partial charge in [0.25, 0.3) is 5.91 Å². The molecule has 0 aromatic heterocycles. The van der Waals surface area contributed by atoms with Crippen molar-refractivity contribution in [1.29, 1.82) is 0 Å². The number of rotatable bonds is 3. The molecular formula is C19H26N2O2. The Morgan fingerprint density at radius 1 is 1.26 bits per heavy atom. The molecule has 23 heavy (non-hydrogen) atoms. The largest absolute Gasteiger partial charge is 0.353 e. The van der Waals surface area contributed by atoms with Gasteiger partial charge in [0.2, 0.25) is 5.91 Å². The van der Waals surface area contributed by atoms with E-state index in [2.05, 4.69) is 17.6 Å². The topological polar surface area (TPSA) is 58.2 Å². The van der Waals surface area contributed by atoms with E-state index in [-0.39, 0.29) is 23.9 Å². The predicted octanol–water partition coefficient (Wildman–Crippen LogP) is 2.81. The molecule has 4 nitrogen and oxygen atoms in total. The van der Waals surface area contributed by atoms with Crippen molar-refractivity contribution in [2.45, 2.75) is 58.0 Å². The minimum Gasteiger partial charge on any atom is -0.353 e. The predicted molar refractivity (Wildman–Crippen MR) is 90.1 cm³/mol. The molecule has 1 heterocycles. The van der Waals surface area contributed by atoms with Crippen molar-refractivity contribution in [3.8, 4) is 0 Å². The molecule has 0 spiro atoms. The fourth-order valence-electron chi connectivity index (χ4n) is 4.13. The summed E-state index contributed by atoms with van der Waals surface area (Å²) in [5, 5.41) is 6.29. The van der Waals surface area contributed by atoms with Gasteiger partial charge in [-0.15, -0.1) is 0 Å². The third-order valence-electron chi connectivity index (χ3n) is 5.48. The Morgan fingerprint density at radius 3 is 2.70 bits per heavy atom. The van der Waals surface area contributed by atoms with Crippen molar-refractivity contribution in [2.24, 2.45) is 11.8 Å². The van der Waals surface area contributed by atoms with Gasteiger partial charge in [0.15, 0.2) is 0 Å². The molecule has 4 atom stereocenters. The minimum atomic E-state index is -0.0115. The highest BCUT2D eigenvalue weighted by Gasteiger charge is 2.40. The second kappa shape index (κ2) is 6.73. The lowest BCUT2D eigenvalue weighted by Gasteiger charge is -2.44. The Kier molecular flexibility index (Phi) is 4.69. The van der Waals surface area contributed by atoms with E-state index in [1.54, 1.807) is 0 Å². The van der Waals surface area contributed by atoms with E-state index in [1.165, 1.54) is 0 Å². The van der Waals surface area contributed by atoms with Gasteiger partial charge in [0.1, 0.15) is 0 Å². The summed E-state index contributed by atoms with van der Waals surface area (Å²) in [6.07, 6.45) is 4.67. The molecule has 124 valence electrons. The number of aryl methyl sites for hydroxylation is 1. The minimum absolute atomic E-state index is 0.0115. The zero-order chi connectivity index (χ0) is 16.4. The van der Waals surface area contributed by atoms with E-state index in [1.807, 2.05) is 31.2 Å². The van der Waals surface area contributed by atoms with Crippen LogP contribution in [-0.4, -0.2) is 23.9 Å². The summed E-state index contributed by atoms with van der Waals surface area (Å²) in [4.78, 5) is 24.2. The molecule has 1 aliphatic heterocycles. The van der Waals surface area contributed by atoms with Gasteiger partial charge in [-0.05, 0) is 50.2 Å². The van der Waals surface area contributed by atoms with E-state index in [0.29, 0.717) is 23.8 Å². The van der Waals surface area contributed by atoms with Crippen LogP contribution < -0.4 is 10.6 Å². The van der Waals surface area contributed by atoms with E-state index in [4.69, 9.17) is 0 Å². The van der Waals surface area contributed by atoms with Crippen molar-refractivity contribution in [3.63, 3.8) is 0 Å². The molecule has 2 N–H and O–H groups in total. The van der Waals surface area contributed by atoms with Crippen LogP contribution in [0.1, 0.15) is 54.9 Å². The third kappa shape index (κ3) is 3.57. The fraction of sp³-hybridized carbons (Fsp3) is 0.579. The number of benzene rings is 1. The molecule has 0 bridgehead atoms. The van der Waals surface area contributed by atoms with E-state index in [9.17, 15) is 9.59 Å². The monoisotopic (exact) mass is 314 g/mol. The first-order valence-corrected chi connectivity index (χ1v) is 8.73. The summed E-state index contributed by atoms with van der Waals surface area (Å²) in [7, 11) is 0. The summed E-state index contributed by atoms with van der Waals surface area (Å²) >= 11 is 0. The number of carbonyl (C=O) groups is 2. The van der Waals surface area contributed by atoms with Gasteiger partial charge in [-0.2, -0.15) is 0 Å². The molecule has 2 aliphatic rings. The molecule has 1 saturated heterocycles. The smallest absolute Gasteiger partial charge is 0.251 e. The SMILES string of the molecule is CCC1CC(=O)NC2CC(NC(=O)c3ccc(C)cc3)CCC12. The lowest BCUT2D eigenvalue weighted by molar-refractivity contribution is -0.127. The zero-order valence-corrected chi connectivity index (χ0v) is 14.0. The van der Waals surface area contributed by atoms with Crippen LogP contribution in [0.5, 0.6) is 0 Å². The van der Waals surface area contributed by atoms with Gasteiger partial charge in [-0.3, -0.25) is 9.59 Å². The Labute approximate surface area is 138 Å². The van der Waals surface area contributed by atoms with Crippen molar-refractivity contribution in [2.75, 3.05) is 0 Å². The first kappa shape index (κ1) is 16.0. The van der Waals surface area contributed by atoms with Crippen molar-refractivity contribution in [3.05, 3.63) is 35.4 Å². The van der Waals surface area contributed by atoms with Gasteiger partial charge < -0.3 is 10.6 Å². The van der Waals surface area contributed by atoms with Crippen molar-refractivity contribution in [1.82, 2.24) is 10.6 Å². The van der Waals surface area contributed by atoms with Gasteiger partial charge in [0, 0.05) is 24.1 Å². The van der Waals surface area contributed by atoms with Crippen LogP contribution in [0.4, 0.5) is 0 Å². The maximum atomic E-state index is 12.4. The molecule has 0 radical (unpaired) electrons. The van der Waals surface area contributed by atoms with Gasteiger partial charge >= 0.3 is 0 Å². The molecule has 1 saturated carbocycles. The summed E-state index contributed by atoms with van der Waals surface area (Å²) < 4.78 is 0. The average molecular weight is 314 g/mol. The Morgan fingerprint density at radius 2 is 2.00 bits per heavy atom. The van der Waals surface area contributed by atoms with Crippen LogP contribution in [0.3, 0.4) is 0 Å². The number of fused-ring (bicyclic) bond motifs is 1. The van der Waals surface area contributed by atoms with Crippen LogP contribution in [-0.2, 0) is 4.79 Å². The second-order valence-electron chi connectivity index (χ2n) is 7.06. The van der Waals surface area contributed by atoms with E-state index >= 15 is 0 Å². The molecule has 1 aromatic rings. The lowest BCUT2D eigenvalue weighted by atomic mass is 9.70. The van der Waals surface area contributed by atoms with Gasteiger partial charge in [-0.25, -0.2) is 0 Å². The normalized spacial score (nSPS) is 30.3.